The van der Waals surface area contributed by atoms with Gasteiger partial charge in [-0.1, -0.05) is 32.9 Å². The van der Waals surface area contributed by atoms with Crippen molar-refractivity contribution >= 4 is 35.1 Å². The SMILES string of the molecule is C=C(C)[C@@H](NC(=O)C[C@@H](C)[C@H]1CC[C@H]2[C@@H]3C(=O)C[C@@H]4CC(=O)CC[C@]4(C)[C@H]3CC[C@]12C)c1ccc(C=O)s1. The summed E-state index contributed by atoms with van der Waals surface area (Å²) in [5, 5.41) is 3.18. The summed E-state index contributed by atoms with van der Waals surface area (Å²) >= 11 is 1.39. The van der Waals surface area contributed by atoms with Gasteiger partial charge in [-0.05, 0) is 91.6 Å². The lowest BCUT2D eigenvalue weighted by molar-refractivity contribution is -0.159. The zero-order valence-corrected chi connectivity index (χ0v) is 24.2. The molecule has 0 radical (unpaired) electrons. The van der Waals surface area contributed by atoms with E-state index in [0.29, 0.717) is 59.9 Å². The molecule has 6 heteroatoms. The molecule has 0 aliphatic heterocycles. The fourth-order valence-corrected chi connectivity index (χ4v) is 10.3. The maximum Gasteiger partial charge on any atom is 0.221 e. The van der Waals surface area contributed by atoms with Gasteiger partial charge < -0.3 is 5.32 Å². The fourth-order valence-electron chi connectivity index (χ4n) is 9.38. The van der Waals surface area contributed by atoms with Crippen LogP contribution in [0.1, 0.15) is 106 Å². The van der Waals surface area contributed by atoms with E-state index in [4.69, 9.17) is 0 Å². The van der Waals surface area contributed by atoms with Gasteiger partial charge in [0.05, 0.1) is 10.9 Å². The first kappa shape index (κ1) is 27.5. The van der Waals surface area contributed by atoms with E-state index in [-0.39, 0.29) is 40.5 Å². The lowest BCUT2D eigenvalue weighted by Gasteiger charge is -2.59. The molecule has 1 aromatic heterocycles. The van der Waals surface area contributed by atoms with Gasteiger partial charge >= 0.3 is 0 Å². The zero-order valence-electron chi connectivity index (χ0n) is 23.4. The number of thiophene rings is 1. The van der Waals surface area contributed by atoms with Gasteiger partial charge in [0.2, 0.25) is 5.91 Å². The molecule has 5 rings (SSSR count). The lowest BCUT2D eigenvalue weighted by atomic mass is 9.44. The number of carbonyl (C=O) groups is 4. The number of hydrogen-bond donors (Lipinski definition) is 1. The average molecular weight is 538 g/mol. The van der Waals surface area contributed by atoms with Gasteiger partial charge in [-0.2, -0.15) is 0 Å². The Bertz CT molecular complexity index is 1150. The van der Waals surface area contributed by atoms with Crippen LogP contribution in [-0.2, 0) is 14.4 Å². The number of carbonyl (C=O) groups excluding carboxylic acids is 4. The van der Waals surface area contributed by atoms with Crippen molar-refractivity contribution in [3.8, 4) is 0 Å². The van der Waals surface area contributed by atoms with E-state index in [1.807, 2.05) is 13.0 Å². The molecule has 0 saturated heterocycles. The quantitative estimate of drug-likeness (QED) is 0.309. The molecular formula is C32H43NO4S. The van der Waals surface area contributed by atoms with E-state index >= 15 is 0 Å². The topological polar surface area (TPSA) is 80.3 Å². The second-order valence-corrected chi connectivity index (χ2v) is 14.6. The second kappa shape index (κ2) is 10.1. The van der Waals surface area contributed by atoms with Crippen LogP contribution in [0.5, 0.6) is 0 Å². The third-order valence-electron chi connectivity index (χ3n) is 11.4. The molecule has 4 aliphatic carbocycles. The van der Waals surface area contributed by atoms with E-state index in [1.54, 1.807) is 6.07 Å². The molecule has 1 amide bonds. The molecular weight excluding hydrogens is 494 g/mol. The Morgan fingerprint density at radius 2 is 1.87 bits per heavy atom. The minimum Gasteiger partial charge on any atom is -0.345 e. The molecule has 4 aliphatic rings. The van der Waals surface area contributed by atoms with Gasteiger partial charge in [0.1, 0.15) is 11.6 Å². The maximum atomic E-state index is 13.6. The number of hydrogen-bond acceptors (Lipinski definition) is 5. The summed E-state index contributed by atoms with van der Waals surface area (Å²) < 4.78 is 0. The number of ketones is 2. The molecule has 38 heavy (non-hydrogen) atoms. The van der Waals surface area contributed by atoms with Crippen molar-refractivity contribution in [2.45, 2.75) is 91.5 Å². The fraction of sp³-hybridized carbons (Fsp3) is 0.688. The van der Waals surface area contributed by atoms with Crippen molar-refractivity contribution in [1.82, 2.24) is 5.32 Å². The molecule has 4 saturated carbocycles. The highest BCUT2D eigenvalue weighted by Crippen LogP contribution is 2.67. The van der Waals surface area contributed by atoms with Gasteiger partial charge in [0.25, 0.3) is 0 Å². The average Bonchev–Trinajstić information content (AvgIpc) is 3.47. The molecule has 0 unspecified atom stereocenters. The Morgan fingerprint density at radius 1 is 1.13 bits per heavy atom. The highest BCUT2D eigenvalue weighted by molar-refractivity contribution is 7.13. The van der Waals surface area contributed by atoms with E-state index in [0.717, 1.165) is 48.8 Å². The summed E-state index contributed by atoms with van der Waals surface area (Å²) in [7, 11) is 0. The summed E-state index contributed by atoms with van der Waals surface area (Å²) in [6, 6.07) is 3.40. The van der Waals surface area contributed by atoms with Crippen molar-refractivity contribution in [2.75, 3.05) is 0 Å². The van der Waals surface area contributed by atoms with Crippen LogP contribution in [0.4, 0.5) is 0 Å². The number of fused-ring (bicyclic) bond motifs is 5. The maximum absolute atomic E-state index is 13.6. The summed E-state index contributed by atoms with van der Waals surface area (Å²) in [6.45, 7) is 13.0. The number of nitrogens with one attached hydrogen (secondary N) is 1. The van der Waals surface area contributed by atoms with Crippen molar-refractivity contribution in [3.05, 3.63) is 34.0 Å². The molecule has 0 bridgehead atoms. The smallest absolute Gasteiger partial charge is 0.221 e. The molecule has 0 aromatic carbocycles. The van der Waals surface area contributed by atoms with Crippen LogP contribution >= 0.6 is 11.3 Å². The van der Waals surface area contributed by atoms with Crippen LogP contribution < -0.4 is 5.32 Å². The highest BCUT2D eigenvalue weighted by atomic mass is 32.1. The van der Waals surface area contributed by atoms with Crippen molar-refractivity contribution in [3.63, 3.8) is 0 Å². The summed E-state index contributed by atoms with van der Waals surface area (Å²) in [5.74, 6) is 2.53. The predicted molar refractivity (Wildman–Crippen MR) is 150 cm³/mol. The van der Waals surface area contributed by atoms with Gasteiger partial charge in [-0.25, -0.2) is 0 Å². The van der Waals surface area contributed by atoms with Gasteiger partial charge in [0.15, 0.2) is 6.29 Å². The Balaban J connectivity index is 1.28. The normalized spacial score (nSPS) is 37.9. The minimum atomic E-state index is -0.285. The summed E-state index contributed by atoms with van der Waals surface area (Å²) in [6.07, 6.45) is 8.39. The highest BCUT2D eigenvalue weighted by Gasteiger charge is 2.63. The predicted octanol–water partition coefficient (Wildman–Crippen LogP) is 6.73. The van der Waals surface area contributed by atoms with Crippen molar-refractivity contribution in [1.29, 1.82) is 0 Å². The van der Waals surface area contributed by atoms with Crippen LogP contribution in [0.15, 0.2) is 24.3 Å². The Morgan fingerprint density at radius 3 is 2.55 bits per heavy atom. The second-order valence-electron chi connectivity index (χ2n) is 13.5. The van der Waals surface area contributed by atoms with E-state index in [2.05, 4.69) is 32.7 Å². The number of amides is 1. The molecule has 1 heterocycles. The van der Waals surface area contributed by atoms with Crippen LogP contribution in [0, 0.1) is 46.3 Å². The minimum absolute atomic E-state index is 0.0169. The largest absolute Gasteiger partial charge is 0.345 e. The van der Waals surface area contributed by atoms with Crippen molar-refractivity contribution in [2.24, 2.45) is 46.3 Å². The number of rotatable bonds is 7. The standard InChI is InChI=1S/C32H43NO4S/c1-18(2)30(27-9-6-22(17-34)38-27)33-28(37)14-19(3)23-7-8-24-29-25(11-13-32(23,24)5)31(4)12-10-21(35)15-20(31)16-26(29)36/h6,9,17,19-20,23-25,29-30H,1,7-8,10-16H2,2-5H3,(H,33,37)/t19-,20+,23-,24+,25+,29+,30-,31+,32-/m1/s1. The number of aldehydes is 1. The molecule has 206 valence electrons. The summed E-state index contributed by atoms with van der Waals surface area (Å²) in [5.41, 5.74) is 1.04. The van der Waals surface area contributed by atoms with E-state index in [9.17, 15) is 19.2 Å². The lowest BCUT2D eigenvalue weighted by Crippen LogP contribution is -2.57. The first-order valence-electron chi connectivity index (χ1n) is 14.5. The molecule has 4 fully saturated rings. The Kier molecular flexibility index (Phi) is 7.34. The van der Waals surface area contributed by atoms with Crippen LogP contribution in [0.25, 0.3) is 0 Å². The first-order valence-corrected chi connectivity index (χ1v) is 15.3. The third kappa shape index (κ3) is 4.55. The van der Waals surface area contributed by atoms with Gasteiger partial charge in [0, 0.05) is 36.5 Å². The van der Waals surface area contributed by atoms with E-state index in [1.165, 1.54) is 11.3 Å². The monoisotopic (exact) mass is 537 g/mol. The number of Topliss-reactive ketones (excluding diaryl/α,β-unsaturated/α-hetero) is 2. The Labute approximate surface area is 231 Å². The van der Waals surface area contributed by atoms with Gasteiger partial charge in [-0.3, -0.25) is 19.2 Å². The zero-order chi connectivity index (χ0) is 27.4. The van der Waals surface area contributed by atoms with Crippen molar-refractivity contribution < 1.29 is 19.2 Å². The molecule has 1 aromatic rings. The van der Waals surface area contributed by atoms with Gasteiger partial charge in [-0.15, -0.1) is 11.3 Å². The molecule has 9 atom stereocenters. The Hall–Kier alpha value is -2.08. The first-order chi connectivity index (χ1) is 18.0. The molecule has 5 nitrogen and oxygen atoms in total. The summed E-state index contributed by atoms with van der Waals surface area (Å²) in [4.78, 5) is 51.8. The van der Waals surface area contributed by atoms with E-state index < -0.39 is 0 Å². The van der Waals surface area contributed by atoms with Crippen LogP contribution in [0.2, 0.25) is 0 Å². The molecule has 0 spiro atoms. The van der Waals surface area contributed by atoms with Crippen LogP contribution in [0.3, 0.4) is 0 Å². The van der Waals surface area contributed by atoms with Crippen LogP contribution in [-0.4, -0.2) is 23.8 Å². The molecule has 1 N–H and O–H groups in total. The third-order valence-corrected chi connectivity index (χ3v) is 12.5.